The number of anilines is 1. The van der Waals surface area contributed by atoms with Gasteiger partial charge in [-0.2, -0.15) is 0 Å². The van der Waals surface area contributed by atoms with Gasteiger partial charge in [-0.05, 0) is 64.0 Å². The fourth-order valence-corrected chi connectivity index (χ4v) is 2.96. The van der Waals surface area contributed by atoms with E-state index in [1.54, 1.807) is 42.6 Å². The maximum atomic E-state index is 14.3. The Morgan fingerprint density at radius 3 is 2.71 bits per heavy atom. The SMILES string of the molecule is CN(CC(=O)Nc1ccccc1Br)C(=O)/C=C/c1ccc(Oc2cccnc2)c(F)c1. The molecule has 0 spiro atoms. The zero-order chi connectivity index (χ0) is 22.2. The summed E-state index contributed by atoms with van der Waals surface area (Å²) >= 11 is 3.35. The highest BCUT2D eigenvalue weighted by atomic mass is 79.9. The van der Waals surface area contributed by atoms with Crippen LogP contribution in [0, 0.1) is 5.82 Å². The van der Waals surface area contributed by atoms with Crippen molar-refractivity contribution in [3.05, 3.63) is 88.9 Å². The van der Waals surface area contributed by atoms with Gasteiger partial charge in [-0.25, -0.2) is 4.39 Å². The predicted molar refractivity (Wildman–Crippen MR) is 120 cm³/mol. The van der Waals surface area contributed by atoms with Crippen LogP contribution in [0.1, 0.15) is 5.56 Å². The van der Waals surface area contributed by atoms with E-state index in [0.29, 0.717) is 17.0 Å². The fourth-order valence-electron chi connectivity index (χ4n) is 2.58. The lowest BCUT2D eigenvalue weighted by molar-refractivity contribution is -0.129. The number of carbonyl (C=O) groups is 2. The number of hydrogen-bond donors (Lipinski definition) is 1. The summed E-state index contributed by atoms with van der Waals surface area (Å²) in [5.41, 5.74) is 1.10. The van der Waals surface area contributed by atoms with Gasteiger partial charge in [-0.15, -0.1) is 0 Å². The van der Waals surface area contributed by atoms with Gasteiger partial charge in [0.15, 0.2) is 11.6 Å². The van der Waals surface area contributed by atoms with E-state index in [1.165, 1.54) is 42.4 Å². The van der Waals surface area contributed by atoms with Crippen LogP contribution < -0.4 is 10.1 Å². The maximum Gasteiger partial charge on any atom is 0.246 e. The zero-order valence-corrected chi connectivity index (χ0v) is 18.2. The molecule has 0 bridgehead atoms. The van der Waals surface area contributed by atoms with Crippen molar-refractivity contribution < 1.29 is 18.7 Å². The summed E-state index contributed by atoms with van der Waals surface area (Å²) in [5, 5.41) is 2.73. The summed E-state index contributed by atoms with van der Waals surface area (Å²) in [7, 11) is 1.51. The molecule has 0 aliphatic rings. The largest absolute Gasteiger partial charge is 0.453 e. The van der Waals surface area contributed by atoms with Crippen LogP contribution in [0.3, 0.4) is 0 Å². The van der Waals surface area contributed by atoms with Crippen LogP contribution in [0.4, 0.5) is 10.1 Å². The molecule has 31 heavy (non-hydrogen) atoms. The molecule has 3 aromatic rings. The molecule has 3 rings (SSSR count). The second kappa shape index (κ2) is 10.5. The van der Waals surface area contributed by atoms with Crippen LogP contribution in [0.5, 0.6) is 11.5 Å². The van der Waals surface area contributed by atoms with Gasteiger partial charge in [0.2, 0.25) is 11.8 Å². The third-order valence-corrected chi connectivity index (χ3v) is 4.83. The predicted octanol–water partition coefficient (Wildman–Crippen LogP) is 4.89. The molecule has 2 aromatic carbocycles. The van der Waals surface area contributed by atoms with E-state index < -0.39 is 11.7 Å². The van der Waals surface area contributed by atoms with Crippen molar-refractivity contribution in [1.82, 2.24) is 9.88 Å². The second-order valence-electron chi connectivity index (χ2n) is 6.54. The Labute approximate surface area is 187 Å². The first-order valence-electron chi connectivity index (χ1n) is 9.27. The minimum atomic E-state index is -0.570. The van der Waals surface area contributed by atoms with Crippen molar-refractivity contribution in [1.29, 1.82) is 0 Å². The molecule has 0 radical (unpaired) electrons. The summed E-state index contributed by atoms with van der Waals surface area (Å²) < 4.78 is 20.5. The van der Waals surface area contributed by atoms with Crippen LogP contribution >= 0.6 is 15.9 Å². The van der Waals surface area contributed by atoms with Crippen molar-refractivity contribution in [3.8, 4) is 11.5 Å². The highest BCUT2D eigenvalue weighted by molar-refractivity contribution is 9.10. The summed E-state index contributed by atoms with van der Waals surface area (Å²) in [6, 6.07) is 14.9. The van der Waals surface area contributed by atoms with Gasteiger partial charge in [0.1, 0.15) is 5.75 Å². The quantitative estimate of drug-likeness (QED) is 0.485. The Kier molecular flexibility index (Phi) is 7.50. The van der Waals surface area contributed by atoms with Crippen molar-refractivity contribution >= 4 is 39.5 Å². The number of pyridine rings is 1. The van der Waals surface area contributed by atoms with E-state index in [4.69, 9.17) is 4.74 Å². The van der Waals surface area contributed by atoms with Crippen LogP contribution in [0.2, 0.25) is 0 Å². The molecule has 0 unspecified atom stereocenters. The van der Waals surface area contributed by atoms with Crippen LogP contribution in [0.15, 0.2) is 77.5 Å². The van der Waals surface area contributed by atoms with Gasteiger partial charge in [0.25, 0.3) is 0 Å². The molecule has 0 fully saturated rings. The van der Waals surface area contributed by atoms with E-state index >= 15 is 0 Å². The third kappa shape index (κ3) is 6.48. The van der Waals surface area contributed by atoms with Gasteiger partial charge in [-0.1, -0.05) is 18.2 Å². The first-order chi connectivity index (χ1) is 14.9. The number of nitrogens with zero attached hydrogens (tertiary/aromatic N) is 2. The van der Waals surface area contributed by atoms with Crippen LogP contribution in [0.25, 0.3) is 6.08 Å². The number of carbonyl (C=O) groups excluding carboxylic acids is 2. The molecule has 0 atom stereocenters. The first kappa shape index (κ1) is 22.2. The van der Waals surface area contributed by atoms with E-state index in [9.17, 15) is 14.0 Å². The number of likely N-dealkylation sites (N-methyl/N-ethyl adjacent to an activating group) is 1. The standard InChI is InChI=1S/C23H19BrFN3O3/c1-28(15-22(29)27-20-7-3-2-6-18(20)24)23(30)11-9-16-8-10-21(19(25)13-16)31-17-5-4-12-26-14-17/h2-14H,15H2,1H3,(H,27,29)/b11-9+. The molecule has 0 saturated carbocycles. The molecule has 8 heteroatoms. The number of hydrogen-bond acceptors (Lipinski definition) is 4. The van der Waals surface area contributed by atoms with Crippen LogP contribution in [-0.4, -0.2) is 35.3 Å². The minimum absolute atomic E-state index is 0.0531. The highest BCUT2D eigenvalue weighted by Crippen LogP contribution is 2.25. The normalized spacial score (nSPS) is 10.7. The number of aromatic nitrogens is 1. The Hall–Kier alpha value is -3.52. The maximum absolute atomic E-state index is 14.3. The lowest BCUT2D eigenvalue weighted by Gasteiger charge is -2.15. The number of para-hydroxylation sites is 1. The summed E-state index contributed by atoms with van der Waals surface area (Å²) in [6.07, 6.45) is 5.83. The summed E-state index contributed by atoms with van der Waals surface area (Å²) in [4.78, 5) is 29.6. The zero-order valence-electron chi connectivity index (χ0n) is 16.6. The molecule has 1 heterocycles. The fraction of sp³-hybridized carbons (Fsp3) is 0.0870. The van der Waals surface area contributed by atoms with Gasteiger partial charge >= 0.3 is 0 Å². The van der Waals surface area contributed by atoms with Gasteiger partial charge in [0.05, 0.1) is 18.4 Å². The van der Waals surface area contributed by atoms with Crippen molar-refractivity contribution in [2.45, 2.75) is 0 Å². The van der Waals surface area contributed by atoms with Crippen molar-refractivity contribution in [2.75, 3.05) is 18.9 Å². The van der Waals surface area contributed by atoms with E-state index in [2.05, 4.69) is 26.2 Å². The Morgan fingerprint density at radius 2 is 2.00 bits per heavy atom. The lowest BCUT2D eigenvalue weighted by atomic mass is 10.2. The number of ether oxygens (including phenoxy) is 1. The number of amides is 2. The molecule has 0 aliphatic heterocycles. The molecule has 0 saturated heterocycles. The molecule has 2 amide bonds. The van der Waals surface area contributed by atoms with Crippen molar-refractivity contribution in [2.24, 2.45) is 0 Å². The Balaban J connectivity index is 1.56. The number of nitrogens with one attached hydrogen (secondary N) is 1. The lowest BCUT2D eigenvalue weighted by Crippen LogP contribution is -2.33. The topological polar surface area (TPSA) is 71.5 Å². The Bertz CT molecular complexity index is 1110. The highest BCUT2D eigenvalue weighted by Gasteiger charge is 2.12. The van der Waals surface area contributed by atoms with E-state index in [0.717, 1.165) is 4.47 Å². The molecule has 1 aromatic heterocycles. The summed E-state index contributed by atoms with van der Waals surface area (Å²) in [5.74, 6) is -0.822. The molecule has 0 aliphatic carbocycles. The monoisotopic (exact) mass is 483 g/mol. The molecular weight excluding hydrogens is 465 g/mol. The number of rotatable bonds is 7. The molecule has 158 valence electrons. The number of halogens is 2. The average molecular weight is 484 g/mol. The van der Waals surface area contributed by atoms with Crippen LogP contribution in [-0.2, 0) is 9.59 Å². The smallest absolute Gasteiger partial charge is 0.246 e. The van der Waals surface area contributed by atoms with Crippen molar-refractivity contribution in [3.63, 3.8) is 0 Å². The first-order valence-corrected chi connectivity index (χ1v) is 10.1. The Morgan fingerprint density at radius 1 is 1.19 bits per heavy atom. The second-order valence-corrected chi connectivity index (χ2v) is 7.39. The van der Waals surface area contributed by atoms with Gasteiger partial charge in [0, 0.05) is 23.8 Å². The van der Waals surface area contributed by atoms with E-state index in [-0.39, 0.29) is 18.2 Å². The van der Waals surface area contributed by atoms with Gasteiger partial charge in [-0.3, -0.25) is 14.6 Å². The summed E-state index contributed by atoms with van der Waals surface area (Å²) in [6.45, 7) is -0.128. The van der Waals surface area contributed by atoms with Gasteiger partial charge < -0.3 is 15.0 Å². The number of benzene rings is 2. The average Bonchev–Trinajstić information content (AvgIpc) is 2.76. The third-order valence-electron chi connectivity index (χ3n) is 4.14. The minimum Gasteiger partial charge on any atom is -0.453 e. The van der Waals surface area contributed by atoms with E-state index in [1.807, 2.05) is 6.07 Å². The molecular formula is C23H19BrFN3O3. The molecule has 1 N–H and O–H groups in total. The molecule has 6 nitrogen and oxygen atoms in total.